The summed E-state index contributed by atoms with van der Waals surface area (Å²) in [4.78, 5) is 0. The first-order valence-corrected chi connectivity index (χ1v) is 4.84. The third-order valence-electron chi connectivity index (χ3n) is 2.15. The smallest absolute Gasteiger partial charge is 0.104 e. The molecule has 1 atom stereocenters. The summed E-state index contributed by atoms with van der Waals surface area (Å²) in [5.74, 6) is 0. The Morgan fingerprint density at radius 3 is 2.50 bits per heavy atom. The summed E-state index contributed by atoms with van der Waals surface area (Å²) >= 11 is 0. The van der Waals surface area contributed by atoms with Gasteiger partial charge in [-0.3, -0.25) is 0 Å². The molecule has 14 heavy (non-hydrogen) atoms. The molecule has 0 saturated carbocycles. The Labute approximate surface area is 84.8 Å². The molecule has 1 unspecified atom stereocenters. The van der Waals surface area contributed by atoms with E-state index in [1.54, 1.807) is 7.05 Å². The second kappa shape index (κ2) is 5.10. The van der Waals surface area contributed by atoms with Crippen molar-refractivity contribution in [2.45, 2.75) is 13.0 Å². The molecular formula is C11H17NO2. The van der Waals surface area contributed by atoms with E-state index in [0.717, 1.165) is 5.56 Å². The summed E-state index contributed by atoms with van der Waals surface area (Å²) in [6.07, 6.45) is 0.562. The van der Waals surface area contributed by atoms with Crippen molar-refractivity contribution >= 4 is 0 Å². The third kappa shape index (κ3) is 3.87. The highest BCUT2D eigenvalue weighted by Gasteiger charge is 2.09. The van der Waals surface area contributed by atoms with Gasteiger partial charge in [-0.1, -0.05) is 30.3 Å². The van der Waals surface area contributed by atoms with Gasteiger partial charge < -0.3 is 15.0 Å². The maximum absolute atomic E-state index is 11.9. The molecule has 0 radical (unpaired) electrons. The highest BCUT2D eigenvalue weighted by atomic mass is 16.5. The fourth-order valence-corrected chi connectivity index (χ4v) is 1.45. The fourth-order valence-electron chi connectivity index (χ4n) is 1.45. The predicted molar refractivity (Wildman–Crippen MR) is 56.3 cm³/mol. The predicted octanol–water partition coefficient (Wildman–Crippen LogP) is 1.51. The van der Waals surface area contributed by atoms with Crippen LogP contribution in [0.2, 0.25) is 0 Å². The van der Waals surface area contributed by atoms with E-state index in [1.165, 1.54) is 0 Å². The van der Waals surface area contributed by atoms with Gasteiger partial charge in [0.15, 0.2) is 0 Å². The van der Waals surface area contributed by atoms with Crippen LogP contribution in [0.1, 0.15) is 12.0 Å². The number of hydroxylamine groups is 3. The second-order valence-electron chi connectivity index (χ2n) is 3.74. The largest absolute Gasteiger partial charge is 0.633 e. The van der Waals surface area contributed by atoms with Crippen molar-refractivity contribution < 1.29 is 9.75 Å². The fraction of sp³-hybridized carbons (Fsp3) is 0.455. The van der Waals surface area contributed by atoms with E-state index < -0.39 is 0 Å². The van der Waals surface area contributed by atoms with Crippen LogP contribution in [0.4, 0.5) is 0 Å². The van der Waals surface area contributed by atoms with E-state index in [1.807, 2.05) is 30.3 Å². The first kappa shape index (κ1) is 11.2. The molecule has 0 fully saturated rings. The zero-order valence-electron chi connectivity index (χ0n) is 8.52. The molecule has 1 rings (SSSR count). The van der Waals surface area contributed by atoms with Gasteiger partial charge in [0.1, 0.15) is 6.54 Å². The summed E-state index contributed by atoms with van der Waals surface area (Å²) in [6, 6.07) is 9.70. The van der Waals surface area contributed by atoms with Crippen LogP contribution in [0.15, 0.2) is 30.3 Å². The number of benzene rings is 1. The van der Waals surface area contributed by atoms with E-state index in [0.29, 0.717) is 19.5 Å². The molecule has 0 spiro atoms. The minimum atomic E-state index is -0.315. The molecule has 0 saturated heterocycles. The minimum absolute atomic E-state index is 0.0882. The Hall–Kier alpha value is -0.900. The zero-order chi connectivity index (χ0) is 10.4. The molecule has 1 aromatic rings. The highest BCUT2D eigenvalue weighted by Crippen LogP contribution is 2.10. The van der Waals surface area contributed by atoms with Gasteiger partial charge in [-0.25, -0.2) is 0 Å². The number of quaternary nitrogens is 1. The van der Waals surface area contributed by atoms with Crippen molar-refractivity contribution in [2.24, 2.45) is 0 Å². The van der Waals surface area contributed by atoms with Gasteiger partial charge in [0.2, 0.25) is 0 Å². The van der Waals surface area contributed by atoms with Gasteiger partial charge in [0.05, 0.1) is 13.6 Å². The summed E-state index contributed by atoms with van der Waals surface area (Å²) in [6.45, 7) is 1.02. The summed E-state index contributed by atoms with van der Waals surface area (Å²) in [5.41, 5.74) is 1.04. The van der Waals surface area contributed by atoms with E-state index >= 15 is 0 Å². The van der Waals surface area contributed by atoms with Gasteiger partial charge in [-0.05, 0) is 0 Å². The lowest BCUT2D eigenvalue weighted by Gasteiger charge is -2.38. The maximum atomic E-state index is 11.9. The first-order valence-electron chi connectivity index (χ1n) is 4.84. The lowest BCUT2D eigenvalue weighted by Crippen LogP contribution is -2.37. The zero-order valence-corrected chi connectivity index (χ0v) is 8.52. The van der Waals surface area contributed by atoms with E-state index in [9.17, 15) is 5.21 Å². The van der Waals surface area contributed by atoms with Crippen LogP contribution in [0.5, 0.6) is 0 Å². The molecule has 0 heterocycles. The van der Waals surface area contributed by atoms with Crippen LogP contribution in [0.25, 0.3) is 0 Å². The van der Waals surface area contributed by atoms with E-state index in [4.69, 9.17) is 5.11 Å². The molecule has 3 nitrogen and oxygen atoms in total. The lowest BCUT2D eigenvalue weighted by molar-refractivity contribution is -0.874. The molecule has 1 aromatic carbocycles. The minimum Gasteiger partial charge on any atom is -0.633 e. The highest BCUT2D eigenvalue weighted by molar-refractivity contribution is 5.13. The van der Waals surface area contributed by atoms with Crippen LogP contribution in [-0.2, 0) is 6.54 Å². The number of rotatable bonds is 5. The van der Waals surface area contributed by atoms with Crippen LogP contribution >= 0.6 is 0 Å². The van der Waals surface area contributed by atoms with Crippen molar-refractivity contribution in [1.82, 2.24) is 0 Å². The van der Waals surface area contributed by atoms with E-state index in [-0.39, 0.29) is 11.3 Å². The number of aliphatic hydroxyl groups excluding tert-OH is 1. The average Bonchev–Trinajstić information content (AvgIpc) is 2.16. The number of aliphatic hydroxyl groups is 1. The monoisotopic (exact) mass is 195 g/mol. The molecule has 78 valence electrons. The molecule has 1 N–H and O–H groups in total. The van der Waals surface area contributed by atoms with Gasteiger partial charge in [0, 0.05) is 18.6 Å². The van der Waals surface area contributed by atoms with Crippen LogP contribution in [0.3, 0.4) is 0 Å². The van der Waals surface area contributed by atoms with E-state index in [2.05, 4.69) is 0 Å². The normalized spacial score (nSPS) is 15.1. The van der Waals surface area contributed by atoms with Crippen molar-refractivity contribution in [3.63, 3.8) is 0 Å². The molecular weight excluding hydrogens is 178 g/mol. The van der Waals surface area contributed by atoms with Crippen molar-refractivity contribution in [3.05, 3.63) is 41.1 Å². The number of nitrogens with zero attached hydrogens (tertiary/aromatic N) is 1. The summed E-state index contributed by atoms with van der Waals surface area (Å²) < 4.78 is -0.315. The van der Waals surface area contributed by atoms with Crippen LogP contribution in [0, 0.1) is 5.21 Å². The molecule has 3 heteroatoms. The Morgan fingerprint density at radius 1 is 1.29 bits per heavy atom. The summed E-state index contributed by atoms with van der Waals surface area (Å²) in [7, 11) is 1.64. The third-order valence-corrected chi connectivity index (χ3v) is 2.15. The van der Waals surface area contributed by atoms with Gasteiger partial charge >= 0.3 is 0 Å². The van der Waals surface area contributed by atoms with Gasteiger partial charge in [-0.15, -0.1) is 0 Å². The number of hydrogen-bond donors (Lipinski definition) is 1. The Kier molecular flexibility index (Phi) is 4.07. The Morgan fingerprint density at radius 2 is 1.93 bits per heavy atom. The van der Waals surface area contributed by atoms with Gasteiger partial charge in [0.25, 0.3) is 0 Å². The first-order chi connectivity index (χ1) is 6.64. The second-order valence-corrected chi connectivity index (χ2v) is 3.74. The van der Waals surface area contributed by atoms with Gasteiger partial charge in [-0.2, -0.15) is 0 Å². The van der Waals surface area contributed by atoms with Crippen molar-refractivity contribution in [3.8, 4) is 0 Å². The summed E-state index contributed by atoms with van der Waals surface area (Å²) in [5, 5.41) is 20.5. The standard InChI is InChI=1S/C11H17NO2/c1-12(14,8-5-9-13)10-11-6-3-2-4-7-11/h2-4,6-7,13H,5,8-10H2,1H3. The van der Waals surface area contributed by atoms with Crippen LogP contribution < -0.4 is 0 Å². The molecule has 0 aliphatic heterocycles. The lowest BCUT2D eigenvalue weighted by atomic mass is 10.2. The molecule has 0 aliphatic carbocycles. The van der Waals surface area contributed by atoms with Crippen LogP contribution in [-0.4, -0.2) is 30.0 Å². The van der Waals surface area contributed by atoms with Crippen molar-refractivity contribution in [2.75, 3.05) is 20.2 Å². The topological polar surface area (TPSA) is 43.3 Å². The molecule has 0 bridgehead atoms. The SMILES string of the molecule is C[N+]([O-])(CCCO)Cc1ccccc1. The Bertz CT molecular complexity index is 259. The molecule has 0 aliphatic rings. The molecule has 0 aromatic heterocycles. The maximum Gasteiger partial charge on any atom is 0.104 e. The van der Waals surface area contributed by atoms with Crippen molar-refractivity contribution in [1.29, 1.82) is 0 Å². The molecule has 0 amide bonds. The number of hydrogen-bond acceptors (Lipinski definition) is 2. The average molecular weight is 195 g/mol. The quantitative estimate of drug-likeness (QED) is 0.571. The Balaban J connectivity index is 2.50.